The number of piperidine rings is 1. The Morgan fingerprint density at radius 2 is 2.03 bits per heavy atom. The normalized spacial score (nSPS) is 13.9. The molecule has 1 aliphatic heterocycles. The monoisotopic (exact) mass is 475 g/mol. The second-order valence-corrected chi connectivity index (χ2v) is 8.11. The van der Waals surface area contributed by atoms with Gasteiger partial charge in [0.15, 0.2) is 12.1 Å². The molecule has 1 aliphatic rings. The Morgan fingerprint density at radius 3 is 2.71 bits per heavy atom. The number of nitrogens with zero attached hydrogens (tertiary/aromatic N) is 5. The SMILES string of the molecule is C=CCNN(c1ccccn1)c1nc(Nc2ccc(N3CCC(O)CC3)c(CO)c2)ncc1C=O. The molecule has 35 heavy (non-hydrogen) atoms. The smallest absolute Gasteiger partial charge is 0.229 e. The molecule has 4 rings (SSSR count). The number of pyridine rings is 1. The number of anilines is 5. The van der Waals surface area contributed by atoms with Crippen molar-refractivity contribution in [2.24, 2.45) is 0 Å². The molecular weight excluding hydrogens is 446 g/mol. The molecule has 0 saturated carbocycles. The van der Waals surface area contributed by atoms with E-state index < -0.39 is 0 Å². The van der Waals surface area contributed by atoms with Crippen LogP contribution in [0, 0.1) is 0 Å². The lowest BCUT2D eigenvalue weighted by atomic mass is 10.0. The van der Waals surface area contributed by atoms with E-state index in [1.165, 1.54) is 6.20 Å². The molecular formula is C25H29N7O3. The van der Waals surface area contributed by atoms with Crippen molar-refractivity contribution < 1.29 is 15.0 Å². The van der Waals surface area contributed by atoms with Crippen molar-refractivity contribution in [2.45, 2.75) is 25.6 Å². The second kappa shape index (κ2) is 11.5. The van der Waals surface area contributed by atoms with Crippen LogP contribution in [0.4, 0.5) is 29.0 Å². The quantitative estimate of drug-likeness (QED) is 0.197. The molecule has 0 aliphatic carbocycles. The number of hydrazine groups is 1. The van der Waals surface area contributed by atoms with E-state index in [1.54, 1.807) is 29.4 Å². The van der Waals surface area contributed by atoms with Crippen molar-refractivity contribution in [1.82, 2.24) is 20.4 Å². The molecule has 0 unspecified atom stereocenters. The van der Waals surface area contributed by atoms with Gasteiger partial charge in [-0.2, -0.15) is 4.98 Å². The topological polar surface area (TPSA) is 127 Å². The van der Waals surface area contributed by atoms with Crippen LogP contribution in [0.1, 0.15) is 28.8 Å². The van der Waals surface area contributed by atoms with E-state index in [2.05, 4.69) is 37.2 Å². The maximum atomic E-state index is 11.8. The Balaban J connectivity index is 1.62. The molecule has 1 fully saturated rings. The lowest BCUT2D eigenvalue weighted by molar-refractivity contribution is 0.112. The van der Waals surface area contributed by atoms with Crippen LogP contribution >= 0.6 is 0 Å². The standard InChI is InChI=1S/C25H29N7O3/c1-2-10-28-32(23-5-3-4-11-26-23)24-19(17-34)15-27-25(30-24)29-20-6-7-22(18(14-20)16-33)31-12-8-21(35)9-13-31/h2-7,11,14-15,17,21,28,33,35H,1,8-10,12-13,16H2,(H,27,29,30). The number of aliphatic hydroxyl groups is 2. The maximum absolute atomic E-state index is 11.8. The minimum Gasteiger partial charge on any atom is -0.393 e. The van der Waals surface area contributed by atoms with Crippen molar-refractivity contribution in [2.75, 3.05) is 34.9 Å². The average molecular weight is 476 g/mol. The summed E-state index contributed by atoms with van der Waals surface area (Å²) in [6.07, 6.45) is 6.63. The molecule has 1 saturated heterocycles. The number of aliphatic hydroxyl groups excluding tert-OH is 2. The van der Waals surface area contributed by atoms with Gasteiger partial charge in [0.2, 0.25) is 5.95 Å². The minimum absolute atomic E-state index is 0.126. The first-order valence-corrected chi connectivity index (χ1v) is 11.4. The van der Waals surface area contributed by atoms with Gasteiger partial charge in [-0.15, -0.1) is 6.58 Å². The van der Waals surface area contributed by atoms with E-state index in [0.717, 1.165) is 24.3 Å². The molecule has 3 aromatic rings. The van der Waals surface area contributed by atoms with Crippen LogP contribution in [-0.4, -0.2) is 57.2 Å². The van der Waals surface area contributed by atoms with Gasteiger partial charge in [0.1, 0.15) is 5.82 Å². The van der Waals surface area contributed by atoms with Crippen molar-refractivity contribution in [1.29, 1.82) is 0 Å². The number of rotatable bonds is 10. The fourth-order valence-electron chi connectivity index (χ4n) is 3.95. The number of carbonyl (C=O) groups is 1. The van der Waals surface area contributed by atoms with Gasteiger partial charge in [0.25, 0.3) is 0 Å². The number of benzene rings is 1. The van der Waals surface area contributed by atoms with Crippen molar-refractivity contribution in [3.8, 4) is 0 Å². The third kappa shape index (κ3) is 5.80. The summed E-state index contributed by atoms with van der Waals surface area (Å²) in [5.41, 5.74) is 5.84. The highest BCUT2D eigenvalue weighted by Gasteiger charge is 2.20. The highest BCUT2D eigenvalue weighted by molar-refractivity contribution is 5.84. The lowest BCUT2D eigenvalue weighted by Gasteiger charge is -2.33. The highest BCUT2D eigenvalue weighted by atomic mass is 16.3. The van der Waals surface area contributed by atoms with Gasteiger partial charge in [0.05, 0.1) is 18.3 Å². The molecule has 2 aromatic heterocycles. The first-order chi connectivity index (χ1) is 17.1. The van der Waals surface area contributed by atoms with Gasteiger partial charge in [-0.25, -0.2) is 20.4 Å². The number of hydrogen-bond acceptors (Lipinski definition) is 10. The predicted molar refractivity (Wildman–Crippen MR) is 135 cm³/mol. The molecule has 10 heteroatoms. The Morgan fingerprint density at radius 1 is 1.20 bits per heavy atom. The summed E-state index contributed by atoms with van der Waals surface area (Å²) in [6, 6.07) is 11.1. The summed E-state index contributed by atoms with van der Waals surface area (Å²) in [7, 11) is 0. The van der Waals surface area contributed by atoms with Crippen LogP contribution in [0.25, 0.3) is 0 Å². The van der Waals surface area contributed by atoms with E-state index in [0.29, 0.717) is 43.0 Å². The molecule has 0 amide bonds. The molecule has 0 radical (unpaired) electrons. The second-order valence-electron chi connectivity index (χ2n) is 8.11. The molecule has 1 aromatic carbocycles. The van der Waals surface area contributed by atoms with E-state index >= 15 is 0 Å². The molecule has 0 bridgehead atoms. The fourth-order valence-corrected chi connectivity index (χ4v) is 3.95. The fraction of sp³-hybridized carbons (Fsp3) is 0.280. The largest absolute Gasteiger partial charge is 0.393 e. The van der Waals surface area contributed by atoms with Gasteiger partial charge in [0, 0.05) is 49.0 Å². The van der Waals surface area contributed by atoms with E-state index in [-0.39, 0.29) is 24.2 Å². The van der Waals surface area contributed by atoms with Crippen LogP contribution < -0.4 is 20.7 Å². The van der Waals surface area contributed by atoms with Gasteiger partial charge in [-0.1, -0.05) is 12.1 Å². The average Bonchev–Trinajstić information content (AvgIpc) is 2.90. The van der Waals surface area contributed by atoms with Gasteiger partial charge in [-0.3, -0.25) is 4.79 Å². The van der Waals surface area contributed by atoms with E-state index in [4.69, 9.17) is 0 Å². The number of carbonyl (C=O) groups excluding carboxylic acids is 1. The lowest BCUT2D eigenvalue weighted by Crippen LogP contribution is -2.36. The summed E-state index contributed by atoms with van der Waals surface area (Å²) < 4.78 is 0. The van der Waals surface area contributed by atoms with E-state index in [1.807, 2.05) is 24.3 Å². The Hall–Kier alpha value is -3.86. The third-order valence-electron chi connectivity index (χ3n) is 5.72. The van der Waals surface area contributed by atoms with Gasteiger partial charge in [-0.05, 0) is 43.2 Å². The van der Waals surface area contributed by atoms with Crippen molar-refractivity contribution in [3.63, 3.8) is 0 Å². The van der Waals surface area contributed by atoms with Crippen LogP contribution in [-0.2, 0) is 6.61 Å². The number of nitrogens with one attached hydrogen (secondary N) is 2. The molecule has 182 valence electrons. The number of hydrogen-bond donors (Lipinski definition) is 4. The van der Waals surface area contributed by atoms with Crippen LogP contribution in [0.2, 0.25) is 0 Å². The summed E-state index contributed by atoms with van der Waals surface area (Å²) in [6.45, 7) is 5.51. The zero-order valence-corrected chi connectivity index (χ0v) is 19.3. The summed E-state index contributed by atoms with van der Waals surface area (Å²) in [5, 5.41) is 24.6. The summed E-state index contributed by atoms with van der Waals surface area (Å²) in [4.78, 5) is 27.2. The molecule has 10 nitrogen and oxygen atoms in total. The van der Waals surface area contributed by atoms with E-state index in [9.17, 15) is 15.0 Å². The first kappa shape index (κ1) is 24.3. The summed E-state index contributed by atoms with van der Waals surface area (Å²) >= 11 is 0. The minimum atomic E-state index is -0.267. The maximum Gasteiger partial charge on any atom is 0.229 e. The van der Waals surface area contributed by atoms with Crippen LogP contribution in [0.15, 0.2) is 61.4 Å². The Bertz CT molecular complexity index is 1150. The Kier molecular flexibility index (Phi) is 7.99. The molecule has 0 atom stereocenters. The van der Waals surface area contributed by atoms with Crippen LogP contribution in [0.3, 0.4) is 0 Å². The highest BCUT2D eigenvalue weighted by Crippen LogP contribution is 2.29. The van der Waals surface area contributed by atoms with Crippen molar-refractivity contribution in [3.05, 3.63) is 72.6 Å². The van der Waals surface area contributed by atoms with Gasteiger partial charge < -0.3 is 20.4 Å². The Labute approximate surface area is 203 Å². The molecule has 0 spiro atoms. The van der Waals surface area contributed by atoms with Crippen LogP contribution in [0.5, 0.6) is 0 Å². The molecule has 4 N–H and O–H groups in total. The van der Waals surface area contributed by atoms with Crippen molar-refractivity contribution >= 4 is 35.2 Å². The third-order valence-corrected chi connectivity index (χ3v) is 5.72. The number of aromatic nitrogens is 3. The van der Waals surface area contributed by atoms with Gasteiger partial charge >= 0.3 is 0 Å². The predicted octanol–water partition coefficient (Wildman–Crippen LogP) is 2.71. The number of aldehydes is 1. The zero-order valence-electron chi connectivity index (χ0n) is 19.3. The molecule has 3 heterocycles. The first-order valence-electron chi connectivity index (χ1n) is 11.4. The zero-order chi connectivity index (χ0) is 24.6. The summed E-state index contributed by atoms with van der Waals surface area (Å²) in [5.74, 6) is 1.18.